The quantitative estimate of drug-likeness (QED) is 0.365. The number of carbonyl (C=O) groups excluding carboxylic acids is 1. The molecule has 0 radical (unpaired) electrons. The van der Waals surface area contributed by atoms with Gasteiger partial charge in [-0.15, -0.1) is 5.10 Å². The van der Waals surface area contributed by atoms with Crippen molar-refractivity contribution in [2.24, 2.45) is 0 Å². The Morgan fingerprint density at radius 3 is 2.67 bits per heavy atom. The Balaban J connectivity index is 1.69. The second-order valence-electron chi connectivity index (χ2n) is 7.99. The van der Waals surface area contributed by atoms with Crippen LogP contribution in [0.3, 0.4) is 0 Å². The van der Waals surface area contributed by atoms with Crippen LogP contribution >= 0.6 is 11.6 Å². The van der Waals surface area contributed by atoms with E-state index >= 15 is 0 Å². The molecule has 6 nitrogen and oxygen atoms in total. The summed E-state index contributed by atoms with van der Waals surface area (Å²) in [6.45, 7) is 4.74. The molecule has 0 aliphatic heterocycles. The minimum Gasteiger partial charge on any atom is -0.461 e. The van der Waals surface area contributed by atoms with E-state index in [-0.39, 0.29) is 31.5 Å². The minimum atomic E-state index is -0.358. The lowest BCUT2D eigenvalue weighted by Gasteiger charge is -2.20. The van der Waals surface area contributed by atoms with Gasteiger partial charge in [0.1, 0.15) is 12.1 Å². The summed E-state index contributed by atoms with van der Waals surface area (Å²) in [7, 11) is 0. The largest absolute Gasteiger partial charge is 0.461 e. The number of nitrogens with zero attached hydrogens (tertiary/aromatic N) is 3. The van der Waals surface area contributed by atoms with Crippen LogP contribution in [0.5, 0.6) is 0 Å². The number of aromatic nitrogens is 3. The van der Waals surface area contributed by atoms with Crippen LogP contribution in [0.4, 0.5) is 0 Å². The topological polar surface area (TPSA) is 77.2 Å². The van der Waals surface area contributed by atoms with Gasteiger partial charge in [0.15, 0.2) is 0 Å². The summed E-state index contributed by atoms with van der Waals surface area (Å²) >= 11 is 6.80. The van der Waals surface area contributed by atoms with Crippen molar-refractivity contribution >= 4 is 28.6 Å². The Kier molecular flexibility index (Phi) is 7.06. The van der Waals surface area contributed by atoms with Gasteiger partial charge >= 0.3 is 5.97 Å². The van der Waals surface area contributed by atoms with E-state index in [1.165, 1.54) is 0 Å². The molecule has 33 heavy (non-hydrogen) atoms. The van der Waals surface area contributed by atoms with Gasteiger partial charge in [0.2, 0.25) is 0 Å². The molecule has 4 rings (SSSR count). The summed E-state index contributed by atoms with van der Waals surface area (Å²) in [6.07, 6.45) is 0.105. The van der Waals surface area contributed by atoms with Crippen LogP contribution in [0.25, 0.3) is 11.0 Å². The highest BCUT2D eigenvalue weighted by Crippen LogP contribution is 2.37. The Labute approximate surface area is 197 Å². The molecular formula is C26H26ClN3O3. The van der Waals surface area contributed by atoms with E-state index < -0.39 is 0 Å². The van der Waals surface area contributed by atoms with E-state index in [0.717, 1.165) is 33.3 Å². The molecule has 170 valence electrons. The van der Waals surface area contributed by atoms with Crippen molar-refractivity contribution in [3.63, 3.8) is 0 Å². The Morgan fingerprint density at radius 1 is 1.15 bits per heavy atom. The Hall–Kier alpha value is -3.22. The number of benzene rings is 3. The van der Waals surface area contributed by atoms with E-state index in [1.54, 1.807) is 4.68 Å². The molecule has 0 bridgehead atoms. The van der Waals surface area contributed by atoms with E-state index in [9.17, 15) is 9.90 Å². The van der Waals surface area contributed by atoms with Crippen molar-refractivity contribution in [1.29, 1.82) is 0 Å². The number of aliphatic hydroxyl groups is 1. The molecule has 1 aromatic heterocycles. The lowest BCUT2D eigenvalue weighted by Crippen LogP contribution is -2.13. The van der Waals surface area contributed by atoms with E-state index in [2.05, 4.69) is 10.3 Å². The number of ether oxygens (including phenoxy) is 1. The zero-order chi connectivity index (χ0) is 23.4. The lowest BCUT2D eigenvalue weighted by molar-refractivity contribution is -0.145. The van der Waals surface area contributed by atoms with Crippen LogP contribution in [0.1, 0.15) is 47.1 Å². The van der Waals surface area contributed by atoms with Crippen LogP contribution < -0.4 is 0 Å². The first-order chi connectivity index (χ1) is 16.0. The molecule has 0 saturated carbocycles. The third-order valence-electron chi connectivity index (χ3n) is 5.89. The molecule has 7 heteroatoms. The summed E-state index contributed by atoms with van der Waals surface area (Å²) in [6, 6.07) is 19.3. The fourth-order valence-corrected chi connectivity index (χ4v) is 4.30. The molecule has 1 heterocycles. The molecule has 1 atom stereocenters. The summed E-state index contributed by atoms with van der Waals surface area (Å²) < 4.78 is 7.35. The molecule has 0 aliphatic carbocycles. The first-order valence-corrected chi connectivity index (χ1v) is 11.3. The van der Waals surface area contributed by atoms with E-state index in [1.807, 2.05) is 74.5 Å². The average Bonchev–Trinajstić information content (AvgIpc) is 3.27. The fourth-order valence-electron chi connectivity index (χ4n) is 3.97. The number of fused-ring (bicyclic) bond motifs is 1. The number of rotatable bonds is 8. The van der Waals surface area contributed by atoms with Crippen LogP contribution in [-0.4, -0.2) is 26.1 Å². The van der Waals surface area contributed by atoms with Gasteiger partial charge in [-0.1, -0.05) is 71.4 Å². The molecule has 0 unspecified atom stereocenters. The third kappa shape index (κ3) is 4.92. The van der Waals surface area contributed by atoms with Crippen LogP contribution in [0.15, 0.2) is 60.7 Å². The van der Waals surface area contributed by atoms with E-state index in [0.29, 0.717) is 17.1 Å². The summed E-state index contributed by atoms with van der Waals surface area (Å²) in [5.74, 6) is -0.689. The van der Waals surface area contributed by atoms with Crippen molar-refractivity contribution < 1.29 is 14.6 Å². The lowest BCUT2D eigenvalue weighted by atomic mass is 9.86. The highest BCUT2D eigenvalue weighted by Gasteiger charge is 2.24. The number of halogens is 1. The molecule has 0 saturated heterocycles. The van der Waals surface area contributed by atoms with Crippen LogP contribution in [0, 0.1) is 6.92 Å². The molecule has 3 aromatic carbocycles. The van der Waals surface area contributed by atoms with Crippen molar-refractivity contribution in [3.05, 3.63) is 93.5 Å². The molecule has 0 fully saturated rings. The van der Waals surface area contributed by atoms with Crippen LogP contribution in [-0.2, 0) is 29.3 Å². The standard InChI is InChI=1S/C26H26ClN3O3/c1-3-30-23-12-11-21(25(27)26(23)28-29-30)22(19-10-9-17(2)20(13-19)15-31)14-24(32)33-16-18-7-5-4-6-8-18/h4-13,22,31H,3,14-16H2,1-2H3/t22-/m0/s1. The van der Waals surface area contributed by atoms with E-state index in [4.69, 9.17) is 16.3 Å². The highest BCUT2D eigenvalue weighted by molar-refractivity contribution is 6.35. The number of carbonyl (C=O) groups is 1. The van der Waals surface area contributed by atoms with Gasteiger partial charge in [0.05, 0.1) is 23.6 Å². The normalized spacial score (nSPS) is 12.1. The first-order valence-electron chi connectivity index (χ1n) is 10.9. The summed E-state index contributed by atoms with van der Waals surface area (Å²) in [4.78, 5) is 12.9. The van der Waals surface area contributed by atoms with Gasteiger partial charge in [0.25, 0.3) is 0 Å². The molecular weight excluding hydrogens is 438 g/mol. The molecule has 4 aromatic rings. The van der Waals surface area contributed by atoms with Crippen LogP contribution in [0.2, 0.25) is 5.02 Å². The number of esters is 1. The van der Waals surface area contributed by atoms with Crippen molar-refractivity contribution in [2.75, 3.05) is 0 Å². The maximum Gasteiger partial charge on any atom is 0.307 e. The van der Waals surface area contributed by atoms with Crippen molar-refractivity contribution in [1.82, 2.24) is 15.0 Å². The second kappa shape index (κ2) is 10.1. The van der Waals surface area contributed by atoms with Crippen molar-refractivity contribution in [2.45, 2.75) is 45.9 Å². The molecule has 0 spiro atoms. The van der Waals surface area contributed by atoms with Gasteiger partial charge in [-0.25, -0.2) is 4.68 Å². The van der Waals surface area contributed by atoms with Gasteiger partial charge in [0, 0.05) is 12.5 Å². The maximum atomic E-state index is 12.9. The van der Waals surface area contributed by atoms with Crippen molar-refractivity contribution in [3.8, 4) is 0 Å². The Bertz CT molecular complexity index is 1270. The average molecular weight is 464 g/mol. The fraction of sp³-hybridized carbons (Fsp3) is 0.269. The highest BCUT2D eigenvalue weighted by atomic mass is 35.5. The first kappa shape index (κ1) is 23.0. The maximum absolute atomic E-state index is 12.9. The SMILES string of the molecule is CCn1nnc2c(Cl)c([C@@H](CC(=O)OCc3ccccc3)c3ccc(C)c(CO)c3)ccc21. The van der Waals surface area contributed by atoms with Gasteiger partial charge in [-0.3, -0.25) is 4.79 Å². The van der Waals surface area contributed by atoms with Gasteiger partial charge in [-0.2, -0.15) is 0 Å². The number of hydrogen-bond donors (Lipinski definition) is 1. The molecule has 0 amide bonds. The molecule has 1 N–H and O–H groups in total. The molecule has 0 aliphatic rings. The number of aliphatic hydroxyl groups excluding tert-OH is 1. The summed E-state index contributed by atoms with van der Waals surface area (Å²) in [5.41, 5.74) is 5.83. The predicted molar refractivity (Wildman–Crippen MR) is 128 cm³/mol. The third-order valence-corrected chi connectivity index (χ3v) is 6.29. The minimum absolute atomic E-state index is 0.0809. The smallest absolute Gasteiger partial charge is 0.307 e. The number of aryl methyl sites for hydroxylation is 2. The Morgan fingerprint density at radius 2 is 1.94 bits per heavy atom. The monoisotopic (exact) mass is 463 g/mol. The van der Waals surface area contributed by atoms with Gasteiger partial charge in [-0.05, 0) is 47.7 Å². The van der Waals surface area contributed by atoms with Gasteiger partial charge < -0.3 is 9.84 Å². The second-order valence-corrected chi connectivity index (χ2v) is 8.37. The number of hydrogen-bond acceptors (Lipinski definition) is 5. The summed E-state index contributed by atoms with van der Waals surface area (Å²) in [5, 5.41) is 18.7. The zero-order valence-electron chi connectivity index (χ0n) is 18.7. The predicted octanol–water partition coefficient (Wildman–Crippen LogP) is 5.17. The zero-order valence-corrected chi connectivity index (χ0v) is 19.4.